The minimum absolute atomic E-state index is 0.227. The first-order chi connectivity index (χ1) is 9.07. The van der Waals surface area contributed by atoms with Gasteiger partial charge in [-0.3, -0.25) is 0 Å². The molecule has 3 heterocycles. The fraction of sp³-hybridized carbons (Fsp3) is 0.500. The first kappa shape index (κ1) is 12.3. The second-order valence-electron chi connectivity index (χ2n) is 4.81. The molecule has 1 saturated heterocycles. The molecule has 0 spiro atoms. The molecule has 0 aromatic carbocycles. The molecule has 7 heteroatoms. The van der Waals surface area contributed by atoms with Gasteiger partial charge in [0, 0.05) is 19.6 Å². The number of fused-ring (bicyclic) bond motifs is 1. The van der Waals surface area contributed by atoms with Gasteiger partial charge in [-0.25, -0.2) is 8.91 Å². The molecule has 0 bridgehead atoms. The van der Waals surface area contributed by atoms with E-state index in [1.54, 1.807) is 6.07 Å². The molecule has 0 aliphatic carbocycles. The largest absolute Gasteiger partial charge is 0.385 e. The number of hydrogen-bond acceptors (Lipinski definition) is 5. The van der Waals surface area contributed by atoms with Crippen LogP contribution in [0.3, 0.4) is 0 Å². The molecule has 6 nitrogen and oxygen atoms in total. The number of pyridine rings is 1. The molecule has 3 rings (SSSR count). The van der Waals surface area contributed by atoms with Gasteiger partial charge in [0.25, 0.3) is 0 Å². The van der Waals surface area contributed by atoms with Gasteiger partial charge in [0.1, 0.15) is 11.4 Å². The van der Waals surface area contributed by atoms with Gasteiger partial charge in [0.05, 0.1) is 12.3 Å². The van der Waals surface area contributed by atoms with Crippen molar-refractivity contribution in [2.75, 3.05) is 18.5 Å². The van der Waals surface area contributed by atoms with Crippen molar-refractivity contribution in [1.82, 2.24) is 14.6 Å². The Morgan fingerprint density at radius 3 is 3.21 bits per heavy atom. The number of hydrogen-bond donors (Lipinski definition) is 2. The van der Waals surface area contributed by atoms with Gasteiger partial charge in [0.2, 0.25) is 5.95 Å². The molecule has 2 N–H and O–H groups in total. The van der Waals surface area contributed by atoms with Crippen LogP contribution in [0.4, 0.5) is 10.3 Å². The summed E-state index contributed by atoms with van der Waals surface area (Å²) in [5, 5.41) is 17.4. The lowest BCUT2D eigenvalue weighted by molar-refractivity contribution is -0.0176. The molecule has 19 heavy (non-hydrogen) atoms. The molecule has 0 saturated carbocycles. The van der Waals surface area contributed by atoms with Crippen LogP contribution in [0, 0.1) is 5.82 Å². The zero-order valence-electron chi connectivity index (χ0n) is 10.5. The number of halogens is 1. The normalized spacial score (nSPS) is 27.0. The van der Waals surface area contributed by atoms with Crippen molar-refractivity contribution >= 4 is 11.6 Å². The van der Waals surface area contributed by atoms with E-state index in [2.05, 4.69) is 15.4 Å². The van der Waals surface area contributed by atoms with Gasteiger partial charge in [0.15, 0.2) is 5.65 Å². The molecular formula is C12H15FN4O2. The lowest BCUT2D eigenvalue weighted by Crippen LogP contribution is -2.43. The molecule has 2 unspecified atom stereocenters. The van der Waals surface area contributed by atoms with E-state index >= 15 is 0 Å². The van der Waals surface area contributed by atoms with Crippen LogP contribution in [0.2, 0.25) is 0 Å². The predicted molar refractivity (Wildman–Crippen MR) is 66.4 cm³/mol. The summed E-state index contributed by atoms with van der Waals surface area (Å²) in [6.07, 6.45) is 1.60. The molecule has 1 aliphatic heterocycles. The second-order valence-corrected chi connectivity index (χ2v) is 4.81. The summed E-state index contributed by atoms with van der Waals surface area (Å²) in [5.74, 6) is -0.0153. The fourth-order valence-corrected chi connectivity index (χ4v) is 2.17. The van der Waals surface area contributed by atoms with Crippen molar-refractivity contribution < 1.29 is 14.2 Å². The van der Waals surface area contributed by atoms with Gasteiger partial charge < -0.3 is 15.2 Å². The topological polar surface area (TPSA) is 71.7 Å². The number of aliphatic hydroxyl groups is 1. The molecule has 0 amide bonds. The zero-order valence-corrected chi connectivity index (χ0v) is 10.5. The highest BCUT2D eigenvalue weighted by atomic mass is 19.1. The Morgan fingerprint density at radius 1 is 1.63 bits per heavy atom. The summed E-state index contributed by atoms with van der Waals surface area (Å²) in [6, 6.07) is 2.87. The Hall–Kier alpha value is -1.73. The van der Waals surface area contributed by atoms with E-state index in [0.29, 0.717) is 31.2 Å². The zero-order chi connectivity index (χ0) is 13.5. The van der Waals surface area contributed by atoms with Crippen molar-refractivity contribution in [2.45, 2.75) is 25.0 Å². The maximum Gasteiger partial charge on any atom is 0.243 e. The highest BCUT2D eigenvalue weighted by molar-refractivity contribution is 5.43. The number of anilines is 1. The first-order valence-corrected chi connectivity index (χ1v) is 6.17. The molecule has 2 aromatic rings. The van der Waals surface area contributed by atoms with Crippen molar-refractivity contribution in [3.8, 4) is 0 Å². The van der Waals surface area contributed by atoms with Crippen molar-refractivity contribution in [3.63, 3.8) is 0 Å². The minimum atomic E-state index is -0.914. The smallest absolute Gasteiger partial charge is 0.243 e. The Bertz CT molecular complexity index is 602. The van der Waals surface area contributed by atoms with Crippen LogP contribution in [0.5, 0.6) is 0 Å². The molecule has 102 valence electrons. The molecule has 1 aliphatic rings. The summed E-state index contributed by atoms with van der Waals surface area (Å²) in [4.78, 5) is 4.19. The Labute approximate surface area is 109 Å². The van der Waals surface area contributed by atoms with Crippen LogP contribution in [0.1, 0.15) is 13.3 Å². The van der Waals surface area contributed by atoms with Gasteiger partial charge in [-0.05, 0) is 19.1 Å². The second kappa shape index (κ2) is 4.43. The van der Waals surface area contributed by atoms with E-state index in [1.165, 1.54) is 16.8 Å². The summed E-state index contributed by atoms with van der Waals surface area (Å²) in [7, 11) is 0. The minimum Gasteiger partial charge on any atom is -0.385 e. The van der Waals surface area contributed by atoms with E-state index in [9.17, 15) is 9.50 Å². The van der Waals surface area contributed by atoms with Crippen LogP contribution >= 0.6 is 0 Å². The molecular weight excluding hydrogens is 251 g/mol. The standard InChI is InChI=1S/C12H15FN4O2/c1-8-12(18,4-5-19-8)7-14-11-15-10-3-2-9(13)6-17(10)16-11/h2-3,6,8,18H,4-5,7H2,1H3,(H,14,16). The van der Waals surface area contributed by atoms with E-state index in [-0.39, 0.29) is 11.9 Å². The molecule has 2 aromatic heterocycles. The number of nitrogens with one attached hydrogen (secondary N) is 1. The number of ether oxygens (including phenoxy) is 1. The van der Waals surface area contributed by atoms with E-state index in [1.807, 2.05) is 6.92 Å². The monoisotopic (exact) mass is 266 g/mol. The van der Waals surface area contributed by atoms with Gasteiger partial charge >= 0.3 is 0 Å². The summed E-state index contributed by atoms with van der Waals surface area (Å²) >= 11 is 0. The SMILES string of the molecule is CC1OCCC1(O)CNc1nc2ccc(F)cn2n1. The number of rotatable bonds is 3. The Balaban J connectivity index is 1.75. The van der Waals surface area contributed by atoms with Crippen molar-refractivity contribution in [2.24, 2.45) is 0 Å². The van der Waals surface area contributed by atoms with Crippen LogP contribution < -0.4 is 5.32 Å². The van der Waals surface area contributed by atoms with Crippen LogP contribution in [0.25, 0.3) is 5.65 Å². The number of aromatic nitrogens is 3. The summed E-state index contributed by atoms with van der Waals surface area (Å²) in [6.45, 7) is 2.68. The fourth-order valence-electron chi connectivity index (χ4n) is 2.17. The number of nitrogens with zero attached hydrogens (tertiary/aromatic N) is 3. The highest BCUT2D eigenvalue weighted by Gasteiger charge is 2.39. The summed E-state index contributed by atoms with van der Waals surface area (Å²) < 4.78 is 19.7. The van der Waals surface area contributed by atoms with E-state index < -0.39 is 5.60 Å². The summed E-state index contributed by atoms with van der Waals surface area (Å²) in [5.41, 5.74) is -0.366. The average molecular weight is 266 g/mol. The van der Waals surface area contributed by atoms with Crippen LogP contribution in [-0.4, -0.2) is 44.6 Å². The Morgan fingerprint density at radius 2 is 2.47 bits per heavy atom. The van der Waals surface area contributed by atoms with Gasteiger partial charge in [-0.2, -0.15) is 4.98 Å². The Kier molecular flexibility index (Phi) is 2.87. The molecule has 1 fully saturated rings. The van der Waals surface area contributed by atoms with E-state index in [0.717, 1.165) is 0 Å². The third kappa shape index (κ3) is 2.26. The van der Waals surface area contributed by atoms with E-state index in [4.69, 9.17) is 4.74 Å². The first-order valence-electron chi connectivity index (χ1n) is 6.17. The van der Waals surface area contributed by atoms with Gasteiger partial charge in [-0.15, -0.1) is 5.10 Å². The third-order valence-electron chi connectivity index (χ3n) is 3.51. The lowest BCUT2D eigenvalue weighted by atomic mass is 9.97. The third-order valence-corrected chi connectivity index (χ3v) is 3.51. The average Bonchev–Trinajstić information content (AvgIpc) is 2.91. The maximum absolute atomic E-state index is 13.0. The molecule has 2 atom stereocenters. The predicted octanol–water partition coefficient (Wildman–Crippen LogP) is 0.820. The molecule has 0 radical (unpaired) electrons. The quantitative estimate of drug-likeness (QED) is 0.860. The van der Waals surface area contributed by atoms with Crippen molar-refractivity contribution in [1.29, 1.82) is 0 Å². The lowest BCUT2D eigenvalue weighted by Gasteiger charge is -2.25. The van der Waals surface area contributed by atoms with Crippen molar-refractivity contribution in [3.05, 3.63) is 24.1 Å². The van der Waals surface area contributed by atoms with Gasteiger partial charge in [-0.1, -0.05) is 0 Å². The highest BCUT2D eigenvalue weighted by Crippen LogP contribution is 2.25. The van der Waals surface area contributed by atoms with Crippen LogP contribution in [0.15, 0.2) is 18.3 Å². The van der Waals surface area contributed by atoms with Crippen LogP contribution in [-0.2, 0) is 4.74 Å². The maximum atomic E-state index is 13.0.